The van der Waals surface area contributed by atoms with Crippen LogP contribution in [-0.4, -0.2) is 24.0 Å². The van der Waals surface area contributed by atoms with Gasteiger partial charge in [0.15, 0.2) is 0 Å². The second-order valence-corrected chi connectivity index (χ2v) is 6.08. The molecule has 2 amide bonds. The number of fused-ring (bicyclic) bond motifs is 5. The number of imide groups is 1. The molecule has 8 heteroatoms. The van der Waals surface area contributed by atoms with Crippen LogP contribution in [0.2, 0.25) is 5.02 Å². The van der Waals surface area contributed by atoms with Gasteiger partial charge in [-0.15, -0.1) is 0 Å². The van der Waals surface area contributed by atoms with Crippen LogP contribution >= 0.6 is 11.6 Å². The van der Waals surface area contributed by atoms with Gasteiger partial charge in [-0.05, 0) is 18.2 Å². The average molecular weight is 344 g/mol. The van der Waals surface area contributed by atoms with Crippen molar-refractivity contribution in [2.45, 2.75) is 18.4 Å². The van der Waals surface area contributed by atoms with Crippen LogP contribution in [0.5, 0.6) is 0 Å². The SMILES string of the molecule is O=C1C2C3C=CC(O3)C2C(=O)N1c1cc(C(F)(F)F)ccc1Cl. The number of hydrogen-bond acceptors (Lipinski definition) is 3. The van der Waals surface area contributed by atoms with E-state index in [1.807, 2.05) is 0 Å². The summed E-state index contributed by atoms with van der Waals surface area (Å²) in [6.07, 6.45) is -2.19. The van der Waals surface area contributed by atoms with E-state index in [0.717, 1.165) is 23.1 Å². The highest BCUT2D eigenvalue weighted by Crippen LogP contribution is 2.47. The van der Waals surface area contributed by atoms with Crippen LogP contribution in [0.4, 0.5) is 18.9 Å². The quantitative estimate of drug-likeness (QED) is 0.582. The molecule has 0 saturated carbocycles. The summed E-state index contributed by atoms with van der Waals surface area (Å²) in [5.41, 5.74) is -1.20. The molecule has 2 bridgehead atoms. The lowest BCUT2D eigenvalue weighted by Crippen LogP contribution is -2.34. The summed E-state index contributed by atoms with van der Waals surface area (Å²) in [4.78, 5) is 25.9. The standard InChI is InChI=1S/C15H9ClF3NO3/c16-7-2-1-6(15(17,18)19)5-8(7)20-13(21)11-9-3-4-10(23-9)12(11)14(20)22/h1-5,9-12H. The molecule has 3 heterocycles. The smallest absolute Gasteiger partial charge is 0.365 e. The summed E-state index contributed by atoms with van der Waals surface area (Å²) >= 11 is 5.94. The molecule has 0 aliphatic carbocycles. The highest BCUT2D eigenvalue weighted by Gasteiger charge is 2.61. The molecule has 0 N–H and O–H groups in total. The van der Waals surface area contributed by atoms with E-state index in [4.69, 9.17) is 16.3 Å². The molecule has 0 aromatic heterocycles. The number of carbonyl (C=O) groups excluding carboxylic acids is 2. The Balaban J connectivity index is 1.78. The number of ether oxygens (including phenoxy) is 1. The number of benzene rings is 1. The van der Waals surface area contributed by atoms with Gasteiger partial charge in [-0.25, -0.2) is 4.90 Å². The third kappa shape index (κ3) is 1.96. The van der Waals surface area contributed by atoms with Crippen LogP contribution in [0.25, 0.3) is 0 Å². The largest absolute Gasteiger partial charge is 0.416 e. The number of nitrogens with zero attached hydrogens (tertiary/aromatic N) is 1. The van der Waals surface area contributed by atoms with Crippen molar-refractivity contribution in [3.8, 4) is 0 Å². The van der Waals surface area contributed by atoms with Gasteiger partial charge in [0.2, 0.25) is 11.8 Å². The van der Waals surface area contributed by atoms with Crippen molar-refractivity contribution in [3.63, 3.8) is 0 Å². The lowest BCUT2D eigenvalue weighted by molar-refractivity contribution is -0.137. The molecule has 4 atom stereocenters. The molecule has 23 heavy (non-hydrogen) atoms. The van der Waals surface area contributed by atoms with Gasteiger partial charge < -0.3 is 4.74 Å². The van der Waals surface area contributed by atoms with E-state index < -0.39 is 47.6 Å². The van der Waals surface area contributed by atoms with Gasteiger partial charge >= 0.3 is 6.18 Å². The van der Waals surface area contributed by atoms with Gasteiger partial charge in [0.25, 0.3) is 0 Å². The fourth-order valence-corrected chi connectivity index (χ4v) is 3.60. The van der Waals surface area contributed by atoms with Gasteiger partial charge in [-0.1, -0.05) is 23.8 Å². The Kier molecular flexibility index (Phi) is 2.93. The Labute approximate surface area is 133 Å². The first kappa shape index (κ1) is 14.7. The van der Waals surface area contributed by atoms with Gasteiger partial charge in [0.05, 0.1) is 40.3 Å². The van der Waals surface area contributed by atoms with Crippen molar-refractivity contribution >= 4 is 29.1 Å². The molecule has 4 nitrogen and oxygen atoms in total. The molecule has 0 radical (unpaired) electrons. The molecule has 4 unspecified atom stereocenters. The minimum absolute atomic E-state index is 0.0825. The van der Waals surface area contributed by atoms with Gasteiger partial charge in [-0.3, -0.25) is 9.59 Å². The summed E-state index contributed by atoms with van der Waals surface area (Å²) in [7, 11) is 0. The molecule has 2 fully saturated rings. The van der Waals surface area contributed by atoms with Crippen molar-refractivity contribution in [1.29, 1.82) is 0 Å². The number of carbonyl (C=O) groups is 2. The first-order valence-electron chi connectivity index (χ1n) is 6.87. The molecular formula is C15H9ClF3NO3. The minimum atomic E-state index is -4.59. The van der Waals surface area contributed by atoms with Crippen molar-refractivity contribution < 1.29 is 27.5 Å². The topological polar surface area (TPSA) is 46.6 Å². The van der Waals surface area contributed by atoms with Gasteiger partial charge in [0.1, 0.15) is 0 Å². The summed E-state index contributed by atoms with van der Waals surface area (Å²) in [5.74, 6) is -2.53. The average Bonchev–Trinajstić information content (AvgIpc) is 3.13. The predicted octanol–water partition coefficient (Wildman–Crippen LogP) is 2.80. The molecule has 2 saturated heterocycles. The zero-order valence-electron chi connectivity index (χ0n) is 11.4. The minimum Gasteiger partial charge on any atom is -0.365 e. The van der Waals surface area contributed by atoms with Crippen molar-refractivity contribution in [3.05, 3.63) is 40.9 Å². The Bertz CT molecular complexity index is 731. The molecule has 0 spiro atoms. The van der Waals surface area contributed by atoms with Crippen molar-refractivity contribution in [1.82, 2.24) is 0 Å². The van der Waals surface area contributed by atoms with Crippen LogP contribution in [0, 0.1) is 11.8 Å². The summed E-state index contributed by atoms with van der Waals surface area (Å²) in [6.45, 7) is 0. The summed E-state index contributed by atoms with van der Waals surface area (Å²) in [5, 5.41) is -0.0825. The van der Waals surface area contributed by atoms with Crippen LogP contribution in [-0.2, 0) is 20.5 Å². The molecule has 3 aliphatic rings. The van der Waals surface area contributed by atoms with Crippen LogP contribution < -0.4 is 4.90 Å². The monoisotopic (exact) mass is 343 g/mol. The normalized spacial score (nSPS) is 32.1. The number of alkyl halides is 3. The fraction of sp³-hybridized carbons (Fsp3) is 0.333. The van der Waals surface area contributed by atoms with E-state index in [-0.39, 0.29) is 10.7 Å². The van der Waals surface area contributed by atoms with Crippen molar-refractivity contribution in [2.75, 3.05) is 4.90 Å². The molecule has 120 valence electrons. The Hall–Kier alpha value is -1.86. The fourth-order valence-electron chi connectivity index (χ4n) is 3.40. The maximum Gasteiger partial charge on any atom is 0.416 e. The predicted molar refractivity (Wildman–Crippen MR) is 73.7 cm³/mol. The lowest BCUT2D eigenvalue weighted by Gasteiger charge is -2.20. The number of rotatable bonds is 1. The number of hydrogen-bond donors (Lipinski definition) is 0. The van der Waals surface area contributed by atoms with E-state index in [0.29, 0.717) is 0 Å². The molecular weight excluding hydrogens is 335 g/mol. The molecule has 3 aliphatic heterocycles. The third-order valence-electron chi connectivity index (χ3n) is 4.42. The first-order chi connectivity index (χ1) is 10.8. The summed E-state index contributed by atoms with van der Waals surface area (Å²) < 4.78 is 44.1. The second kappa shape index (κ2) is 4.58. The van der Waals surface area contributed by atoms with E-state index in [1.54, 1.807) is 12.2 Å². The molecule has 1 aromatic rings. The number of anilines is 1. The van der Waals surface area contributed by atoms with Crippen LogP contribution in [0.15, 0.2) is 30.4 Å². The van der Waals surface area contributed by atoms with Crippen molar-refractivity contribution in [2.24, 2.45) is 11.8 Å². The van der Waals surface area contributed by atoms with E-state index >= 15 is 0 Å². The van der Waals surface area contributed by atoms with Gasteiger partial charge in [-0.2, -0.15) is 13.2 Å². The third-order valence-corrected chi connectivity index (χ3v) is 4.74. The van der Waals surface area contributed by atoms with E-state index in [9.17, 15) is 22.8 Å². The first-order valence-corrected chi connectivity index (χ1v) is 7.25. The van der Waals surface area contributed by atoms with Crippen LogP contribution in [0.1, 0.15) is 5.56 Å². The maximum atomic E-state index is 12.9. The van der Waals surface area contributed by atoms with E-state index in [2.05, 4.69) is 0 Å². The second-order valence-electron chi connectivity index (χ2n) is 5.68. The number of amides is 2. The molecule has 4 rings (SSSR count). The number of halogens is 4. The lowest BCUT2D eigenvalue weighted by atomic mass is 9.85. The molecule has 1 aromatic carbocycles. The Morgan fingerprint density at radius 3 is 2.13 bits per heavy atom. The zero-order valence-corrected chi connectivity index (χ0v) is 12.1. The highest BCUT2D eigenvalue weighted by molar-refractivity contribution is 6.36. The Morgan fingerprint density at radius 2 is 1.61 bits per heavy atom. The zero-order chi connectivity index (χ0) is 16.5. The van der Waals surface area contributed by atoms with E-state index in [1.165, 1.54) is 0 Å². The van der Waals surface area contributed by atoms with Gasteiger partial charge in [0, 0.05) is 0 Å². The maximum absolute atomic E-state index is 12.9. The van der Waals surface area contributed by atoms with Crippen LogP contribution in [0.3, 0.4) is 0 Å². The summed E-state index contributed by atoms with van der Waals surface area (Å²) in [6, 6.07) is 2.58. The highest BCUT2D eigenvalue weighted by atomic mass is 35.5. The Morgan fingerprint density at radius 1 is 1.04 bits per heavy atom.